The van der Waals surface area contributed by atoms with Crippen molar-refractivity contribution in [3.63, 3.8) is 0 Å². The lowest BCUT2D eigenvalue weighted by Gasteiger charge is -2.38. The maximum atomic E-state index is 13.7. The Morgan fingerprint density at radius 1 is 1.33 bits per heavy atom. The predicted octanol–water partition coefficient (Wildman–Crippen LogP) is 2.80. The number of imidazole rings is 1. The number of likely N-dealkylation sites (tertiary alicyclic amines) is 1. The van der Waals surface area contributed by atoms with Gasteiger partial charge in [-0.3, -0.25) is 0 Å². The molecule has 2 heterocycles. The average Bonchev–Trinajstić information content (AvgIpc) is 2.71. The first kappa shape index (κ1) is 14.3. The van der Waals surface area contributed by atoms with Crippen LogP contribution in [0.2, 0.25) is 0 Å². The summed E-state index contributed by atoms with van der Waals surface area (Å²) in [5.74, 6) is 0.257. The van der Waals surface area contributed by atoms with Crippen LogP contribution in [0.5, 0.6) is 0 Å². The van der Waals surface area contributed by atoms with Gasteiger partial charge in [0, 0.05) is 12.6 Å². The third-order valence-electron chi connectivity index (χ3n) is 4.79. The molecule has 3 rings (SSSR count). The van der Waals surface area contributed by atoms with E-state index in [0.29, 0.717) is 17.0 Å². The Morgan fingerprint density at radius 3 is 2.67 bits per heavy atom. The van der Waals surface area contributed by atoms with E-state index in [1.54, 1.807) is 6.92 Å². The molecular weight excluding hydrogens is 267 g/mol. The first-order valence-electron chi connectivity index (χ1n) is 7.48. The monoisotopic (exact) mass is 290 g/mol. The molecule has 2 aromatic rings. The fourth-order valence-electron chi connectivity index (χ4n) is 3.13. The van der Waals surface area contributed by atoms with Gasteiger partial charge in [0.2, 0.25) is 5.95 Å². The van der Waals surface area contributed by atoms with Gasteiger partial charge in [0.15, 0.2) is 0 Å². The van der Waals surface area contributed by atoms with Crippen molar-refractivity contribution in [2.24, 2.45) is 5.41 Å². The molecule has 1 fully saturated rings. The van der Waals surface area contributed by atoms with Gasteiger partial charge in [-0.25, -0.2) is 9.37 Å². The minimum Gasteiger partial charge on any atom is -0.369 e. The second kappa shape index (κ2) is 4.98. The Balaban J connectivity index is 1.97. The number of nitrogens with zero attached hydrogens (tertiary/aromatic N) is 3. The summed E-state index contributed by atoms with van der Waals surface area (Å²) in [6.45, 7) is 7.14. The predicted molar refractivity (Wildman–Crippen MR) is 83.7 cm³/mol. The van der Waals surface area contributed by atoms with Crippen molar-refractivity contribution in [1.82, 2.24) is 14.5 Å². The molecule has 1 aromatic heterocycles. The Labute approximate surface area is 124 Å². The number of halogens is 1. The van der Waals surface area contributed by atoms with Gasteiger partial charge in [-0.2, -0.15) is 0 Å². The van der Waals surface area contributed by atoms with Gasteiger partial charge in [0.1, 0.15) is 5.82 Å². The van der Waals surface area contributed by atoms with E-state index in [2.05, 4.69) is 23.9 Å². The van der Waals surface area contributed by atoms with Crippen LogP contribution in [0.3, 0.4) is 0 Å². The fraction of sp³-hybridized carbons (Fsp3) is 0.562. The lowest BCUT2D eigenvalue weighted by atomic mass is 9.80. The van der Waals surface area contributed by atoms with Crippen LogP contribution in [-0.4, -0.2) is 34.6 Å². The van der Waals surface area contributed by atoms with E-state index in [-0.39, 0.29) is 11.2 Å². The first-order valence-corrected chi connectivity index (χ1v) is 7.48. The summed E-state index contributed by atoms with van der Waals surface area (Å²) in [5.41, 5.74) is 8.51. The lowest BCUT2D eigenvalue weighted by Crippen LogP contribution is -2.38. The highest BCUT2D eigenvalue weighted by atomic mass is 19.1. The molecule has 4 nitrogen and oxygen atoms in total. The molecule has 0 unspecified atom stereocenters. The number of aryl methyl sites for hydroxylation is 1. The van der Waals surface area contributed by atoms with E-state index in [0.717, 1.165) is 38.0 Å². The van der Waals surface area contributed by atoms with Gasteiger partial charge in [-0.15, -0.1) is 0 Å². The Morgan fingerprint density at radius 2 is 2.00 bits per heavy atom. The molecule has 0 amide bonds. The van der Waals surface area contributed by atoms with Crippen LogP contribution in [0.25, 0.3) is 11.0 Å². The highest BCUT2D eigenvalue weighted by Gasteiger charge is 2.30. The number of hydrogen-bond donors (Lipinski definition) is 1. The Kier molecular flexibility index (Phi) is 3.40. The third kappa shape index (κ3) is 2.62. The first-order chi connectivity index (χ1) is 9.88. The highest BCUT2D eigenvalue weighted by molar-refractivity contribution is 5.79. The smallest absolute Gasteiger partial charge is 0.201 e. The Bertz CT molecular complexity index is 668. The third-order valence-corrected chi connectivity index (χ3v) is 4.79. The molecule has 0 spiro atoms. The van der Waals surface area contributed by atoms with Crippen LogP contribution in [0, 0.1) is 18.2 Å². The molecule has 1 aromatic carbocycles. The SMILES string of the molecule is Cc1cc2c(cc1F)nc(N)n2CC1(C)CCN(C)CC1. The number of nitrogen functional groups attached to an aromatic ring is 1. The zero-order chi connectivity index (χ0) is 15.2. The number of nitrogens with two attached hydrogens (primary N) is 1. The molecule has 114 valence electrons. The van der Waals surface area contributed by atoms with E-state index >= 15 is 0 Å². The van der Waals surface area contributed by atoms with Crippen LogP contribution in [0.1, 0.15) is 25.3 Å². The van der Waals surface area contributed by atoms with Crippen LogP contribution in [-0.2, 0) is 6.54 Å². The van der Waals surface area contributed by atoms with Crippen molar-refractivity contribution < 1.29 is 4.39 Å². The standard InChI is InChI=1S/C16H23FN4/c1-11-8-14-13(9-12(11)17)19-15(18)21(14)10-16(2)4-6-20(3)7-5-16/h8-9H,4-7,10H2,1-3H3,(H2,18,19). The van der Waals surface area contributed by atoms with Crippen molar-refractivity contribution >= 4 is 17.0 Å². The number of piperidine rings is 1. The van der Waals surface area contributed by atoms with E-state index in [4.69, 9.17) is 5.73 Å². The van der Waals surface area contributed by atoms with E-state index in [1.807, 2.05) is 10.6 Å². The molecule has 0 saturated carbocycles. The summed E-state index contributed by atoms with van der Waals surface area (Å²) < 4.78 is 15.7. The minimum absolute atomic E-state index is 0.219. The lowest BCUT2D eigenvalue weighted by molar-refractivity contribution is 0.122. The molecule has 0 radical (unpaired) electrons. The van der Waals surface area contributed by atoms with Crippen LogP contribution >= 0.6 is 0 Å². The van der Waals surface area contributed by atoms with Gasteiger partial charge in [-0.05, 0) is 56.9 Å². The van der Waals surface area contributed by atoms with Crippen LogP contribution in [0.15, 0.2) is 12.1 Å². The molecule has 0 atom stereocenters. The van der Waals surface area contributed by atoms with Gasteiger partial charge in [0.25, 0.3) is 0 Å². The van der Waals surface area contributed by atoms with Crippen molar-refractivity contribution in [2.75, 3.05) is 25.9 Å². The summed E-state index contributed by atoms with van der Waals surface area (Å²) >= 11 is 0. The number of aromatic nitrogens is 2. The molecule has 0 bridgehead atoms. The Hall–Kier alpha value is -1.62. The van der Waals surface area contributed by atoms with Gasteiger partial charge < -0.3 is 15.2 Å². The summed E-state index contributed by atoms with van der Waals surface area (Å²) in [7, 11) is 2.16. The number of benzene rings is 1. The summed E-state index contributed by atoms with van der Waals surface area (Å²) in [5, 5.41) is 0. The molecule has 1 aliphatic heterocycles. The van der Waals surface area contributed by atoms with Gasteiger partial charge in [0.05, 0.1) is 11.0 Å². The fourth-order valence-corrected chi connectivity index (χ4v) is 3.13. The number of hydrogen-bond acceptors (Lipinski definition) is 3. The normalized spacial score (nSPS) is 19.2. The van der Waals surface area contributed by atoms with Gasteiger partial charge in [-0.1, -0.05) is 6.92 Å². The molecule has 0 aliphatic carbocycles. The zero-order valence-corrected chi connectivity index (χ0v) is 13.0. The molecule has 21 heavy (non-hydrogen) atoms. The largest absolute Gasteiger partial charge is 0.369 e. The van der Waals surface area contributed by atoms with Crippen molar-refractivity contribution in [3.05, 3.63) is 23.5 Å². The van der Waals surface area contributed by atoms with Crippen LogP contribution in [0.4, 0.5) is 10.3 Å². The number of rotatable bonds is 2. The van der Waals surface area contributed by atoms with E-state index in [9.17, 15) is 4.39 Å². The molecule has 2 N–H and O–H groups in total. The summed E-state index contributed by atoms with van der Waals surface area (Å²) in [6.07, 6.45) is 2.28. The molecule has 1 saturated heterocycles. The van der Waals surface area contributed by atoms with E-state index in [1.165, 1.54) is 6.07 Å². The summed E-state index contributed by atoms with van der Waals surface area (Å²) in [4.78, 5) is 6.67. The van der Waals surface area contributed by atoms with Crippen molar-refractivity contribution in [3.8, 4) is 0 Å². The quantitative estimate of drug-likeness (QED) is 0.925. The van der Waals surface area contributed by atoms with Crippen LogP contribution < -0.4 is 5.73 Å². The molecule has 5 heteroatoms. The average molecular weight is 290 g/mol. The summed E-state index contributed by atoms with van der Waals surface area (Å²) in [6, 6.07) is 3.33. The number of fused-ring (bicyclic) bond motifs is 1. The second-order valence-corrected chi connectivity index (χ2v) is 6.76. The van der Waals surface area contributed by atoms with Crippen molar-refractivity contribution in [1.29, 1.82) is 0 Å². The number of anilines is 1. The van der Waals surface area contributed by atoms with E-state index < -0.39 is 0 Å². The topological polar surface area (TPSA) is 47.1 Å². The van der Waals surface area contributed by atoms with Crippen molar-refractivity contribution in [2.45, 2.75) is 33.2 Å². The maximum Gasteiger partial charge on any atom is 0.201 e. The minimum atomic E-state index is -0.224. The highest BCUT2D eigenvalue weighted by Crippen LogP contribution is 2.34. The van der Waals surface area contributed by atoms with Gasteiger partial charge >= 0.3 is 0 Å². The maximum absolute atomic E-state index is 13.7. The second-order valence-electron chi connectivity index (χ2n) is 6.76. The molecule has 1 aliphatic rings. The zero-order valence-electron chi connectivity index (χ0n) is 13.0. The molecular formula is C16H23FN4.